The molecule has 26 heavy (non-hydrogen) atoms. The van der Waals surface area contributed by atoms with E-state index in [9.17, 15) is 9.18 Å². The molecule has 7 heteroatoms. The Morgan fingerprint density at radius 3 is 2.46 bits per heavy atom. The summed E-state index contributed by atoms with van der Waals surface area (Å²) in [5.74, 6) is 0.285. The number of halogens is 1. The second kappa shape index (κ2) is 8.06. The summed E-state index contributed by atoms with van der Waals surface area (Å²) >= 11 is 0. The number of nitrogens with one attached hydrogen (secondary N) is 2. The molecule has 0 radical (unpaired) electrons. The van der Waals surface area contributed by atoms with Crippen LogP contribution in [-0.4, -0.2) is 22.7 Å². The summed E-state index contributed by atoms with van der Waals surface area (Å²) in [6.07, 6.45) is 0. The zero-order valence-corrected chi connectivity index (χ0v) is 14.1. The average molecular weight is 352 g/mol. The van der Waals surface area contributed by atoms with Crippen molar-refractivity contribution in [2.24, 2.45) is 0 Å². The van der Waals surface area contributed by atoms with E-state index < -0.39 is 5.82 Å². The topological polar surface area (TPSA) is 76.1 Å². The minimum Gasteiger partial charge on any atom is -0.494 e. The highest BCUT2D eigenvalue weighted by molar-refractivity contribution is 6.02. The summed E-state index contributed by atoms with van der Waals surface area (Å²) in [7, 11) is 0. The van der Waals surface area contributed by atoms with Crippen LogP contribution in [0, 0.1) is 5.82 Å². The van der Waals surface area contributed by atoms with Crippen molar-refractivity contribution < 1.29 is 13.9 Å². The monoisotopic (exact) mass is 352 g/mol. The van der Waals surface area contributed by atoms with Crippen molar-refractivity contribution in [3.63, 3.8) is 0 Å². The molecule has 0 saturated heterocycles. The number of ether oxygens (including phenoxy) is 1. The molecule has 3 aromatic rings. The normalized spacial score (nSPS) is 10.2. The van der Waals surface area contributed by atoms with Crippen LogP contribution in [0.4, 0.5) is 21.6 Å². The van der Waals surface area contributed by atoms with Crippen molar-refractivity contribution in [1.29, 1.82) is 0 Å². The van der Waals surface area contributed by atoms with Crippen molar-refractivity contribution >= 4 is 23.1 Å². The summed E-state index contributed by atoms with van der Waals surface area (Å²) in [5.41, 5.74) is 1.06. The lowest BCUT2D eigenvalue weighted by Crippen LogP contribution is -2.14. The van der Waals surface area contributed by atoms with Crippen LogP contribution in [0.5, 0.6) is 5.75 Å². The zero-order chi connectivity index (χ0) is 18.4. The molecule has 0 aliphatic carbocycles. The maximum atomic E-state index is 13.6. The molecule has 6 nitrogen and oxygen atoms in total. The van der Waals surface area contributed by atoms with E-state index in [1.54, 1.807) is 48.5 Å². The van der Waals surface area contributed by atoms with Crippen LogP contribution in [0.3, 0.4) is 0 Å². The van der Waals surface area contributed by atoms with Gasteiger partial charge in [0.2, 0.25) is 0 Å². The Labute approximate surface area is 150 Å². The Bertz CT molecular complexity index is 883. The van der Waals surface area contributed by atoms with Gasteiger partial charge in [-0.05, 0) is 55.5 Å². The molecule has 1 heterocycles. The molecule has 0 aliphatic heterocycles. The molecular weight excluding hydrogens is 335 g/mol. The van der Waals surface area contributed by atoms with Crippen molar-refractivity contribution in [2.75, 3.05) is 17.2 Å². The van der Waals surface area contributed by atoms with Crippen LogP contribution in [0.15, 0.2) is 60.7 Å². The first-order valence-corrected chi connectivity index (χ1v) is 8.05. The molecule has 0 saturated carbocycles. The first kappa shape index (κ1) is 17.3. The van der Waals surface area contributed by atoms with Gasteiger partial charge in [-0.2, -0.15) is 0 Å². The number of nitrogens with zero attached hydrogens (tertiary/aromatic N) is 2. The largest absolute Gasteiger partial charge is 0.494 e. The molecule has 0 spiro atoms. The number of benzene rings is 2. The van der Waals surface area contributed by atoms with Crippen molar-refractivity contribution in [3.8, 4) is 5.75 Å². The lowest BCUT2D eigenvalue weighted by atomic mass is 10.3. The van der Waals surface area contributed by atoms with E-state index in [1.165, 1.54) is 12.1 Å². The Morgan fingerprint density at radius 2 is 1.81 bits per heavy atom. The minimum absolute atomic E-state index is 0.151. The van der Waals surface area contributed by atoms with Gasteiger partial charge in [-0.15, -0.1) is 10.2 Å². The number of anilines is 3. The van der Waals surface area contributed by atoms with Crippen LogP contribution >= 0.6 is 0 Å². The predicted octanol–water partition coefficient (Wildman–Crippen LogP) is 4.01. The molecule has 3 rings (SSSR count). The van der Waals surface area contributed by atoms with Crippen LogP contribution in [-0.2, 0) is 0 Å². The van der Waals surface area contributed by atoms with Gasteiger partial charge in [0.25, 0.3) is 5.91 Å². The summed E-state index contributed by atoms with van der Waals surface area (Å²) < 4.78 is 19.0. The van der Waals surface area contributed by atoms with Gasteiger partial charge in [-0.25, -0.2) is 4.39 Å². The molecule has 1 aromatic heterocycles. The maximum Gasteiger partial charge on any atom is 0.276 e. The van der Waals surface area contributed by atoms with Crippen LogP contribution in [0.25, 0.3) is 0 Å². The number of aromatic nitrogens is 2. The van der Waals surface area contributed by atoms with Gasteiger partial charge in [0.1, 0.15) is 11.6 Å². The molecule has 0 bridgehead atoms. The molecule has 0 unspecified atom stereocenters. The molecule has 2 aromatic carbocycles. The fourth-order valence-electron chi connectivity index (χ4n) is 2.22. The van der Waals surface area contributed by atoms with Crippen molar-refractivity contribution in [2.45, 2.75) is 6.92 Å². The lowest BCUT2D eigenvalue weighted by Gasteiger charge is -2.08. The van der Waals surface area contributed by atoms with Gasteiger partial charge >= 0.3 is 0 Å². The predicted molar refractivity (Wildman–Crippen MR) is 97.3 cm³/mol. The fourth-order valence-corrected chi connectivity index (χ4v) is 2.22. The molecule has 132 valence electrons. The third-order valence-corrected chi connectivity index (χ3v) is 3.46. The van der Waals surface area contributed by atoms with E-state index in [0.717, 1.165) is 5.75 Å². The Hall–Kier alpha value is -3.48. The maximum absolute atomic E-state index is 13.6. The molecule has 0 aliphatic rings. The van der Waals surface area contributed by atoms with Gasteiger partial charge in [-0.1, -0.05) is 12.1 Å². The van der Waals surface area contributed by atoms with Crippen molar-refractivity contribution in [1.82, 2.24) is 10.2 Å². The fraction of sp³-hybridized carbons (Fsp3) is 0.105. The molecule has 2 N–H and O–H groups in total. The van der Waals surface area contributed by atoms with Crippen LogP contribution < -0.4 is 15.4 Å². The van der Waals surface area contributed by atoms with E-state index in [1.807, 2.05) is 6.92 Å². The van der Waals surface area contributed by atoms with Gasteiger partial charge in [-0.3, -0.25) is 4.79 Å². The SMILES string of the molecule is CCOc1ccc(NC(=O)c2ccc(Nc3ccccc3F)nn2)cc1. The van der Waals surface area contributed by atoms with Gasteiger partial charge < -0.3 is 15.4 Å². The Kier molecular flexibility index (Phi) is 5.38. The van der Waals surface area contributed by atoms with Crippen molar-refractivity contribution in [3.05, 3.63) is 72.2 Å². The standard InChI is InChI=1S/C19H17FN4O2/c1-2-26-14-9-7-13(8-10-14)21-19(25)17-11-12-18(24-23-17)22-16-6-4-3-5-15(16)20/h3-12H,2H2,1H3,(H,21,25)(H,22,24). The number of carbonyl (C=O) groups excluding carboxylic acids is 1. The molecular formula is C19H17FN4O2. The highest BCUT2D eigenvalue weighted by Gasteiger charge is 2.10. The number of carbonyl (C=O) groups is 1. The summed E-state index contributed by atoms with van der Waals surface area (Å²) in [6, 6.07) is 16.3. The third-order valence-electron chi connectivity index (χ3n) is 3.46. The van der Waals surface area contributed by atoms with E-state index >= 15 is 0 Å². The summed E-state index contributed by atoms with van der Waals surface area (Å²) in [4.78, 5) is 12.2. The first-order chi connectivity index (χ1) is 12.7. The molecule has 0 fully saturated rings. The third kappa shape index (κ3) is 4.32. The van der Waals surface area contributed by atoms with Gasteiger partial charge in [0.15, 0.2) is 11.5 Å². The smallest absolute Gasteiger partial charge is 0.276 e. The van der Waals surface area contributed by atoms with E-state index in [0.29, 0.717) is 18.1 Å². The number of para-hydroxylation sites is 1. The van der Waals surface area contributed by atoms with Gasteiger partial charge in [0.05, 0.1) is 12.3 Å². The Balaban J connectivity index is 1.64. The molecule has 0 atom stereocenters. The summed E-state index contributed by atoms with van der Waals surface area (Å²) in [5, 5.41) is 13.3. The second-order valence-corrected chi connectivity index (χ2v) is 5.32. The van der Waals surface area contributed by atoms with E-state index in [2.05, 4.69) is 20.8 Å². The number of amides is 1. The second-order valence-electron chi connectivity index (χ2n) is 5.32. The number of rotatable bonds is 6. The first-order valence-electron chi connectivity index (χ1n) is 8.05. The average Bonchev–Trinajstić information content (AvgIpc) is 2.66. The number of hydrogen-bond acceptors (Lipinski definition) is 5. The summed E-state index contributed by atoms with van der Waals surface area (Å²) in [6.45, 7) is 2.48. The van der Waals surface area contributed by atoms with Gasteiger partial charge in [0, 0.05) is 5.69 Å². The van der Waals surface area contributed by atoms with E-state index in [4.69, 9.17) is 4.74 Å². The molecule has 1 amide bonds. The van der Waals surface area contributed by atoms with E-state index in [-0.39, 0.29) is 17.3 Å². The quantitative estimate of drug-likeness (QED) is 0.701. The Morgan fingerprint density at radius 1 is 1.04 bits per heavy atom. The zero-order valence-electron chi connectivity index (χ0n) is 14.1. The van der Waals surface area contributed by atoms with Crippen LogP contribution in [0.2, 0.25) is 0 Å². The van der Waals surface area contributed by atoms with Crippen LogP contribution in [0.1, 0.15) is 17.4 Å². The number of hydrogen-bond donors (Lipinski definition) is 2. The lowest BCUT2D eigenvalue weighted by molar-refractivity contribution is 0.102. The minimum atomic E-state index is -0.397. The highest BCUT2D eigenvalue weighted by atomic mass is 19.1. The highest BCUT2D eigenvalue weighted by Crippen LogP contribution is 2.18.